The lowest BCUT2D eigenvalue weighted by Gasteiger charge is -2.25. The molecule has 1 atom stereocenters. The van der Waals surface area contributed by atoms with Crippen molar-refractivity contribution >= 4 is 17.6 Å². The van der Waals surface area contributed by atoms with Crippen LogP contribution in [0.4, 0.5) is 5.82 Å². The number of aryl methyl sites for hydroxylation is 1. The van der Waals surface area contributed by atoms with Crippen LogP contribution in [0, 0.1) is 6.92 Å². The smallest absolute Gasteiger partial charge is 0.242 e. The topological polar surface area (TPSA) is 92.4 Å². The van der Waals surface area contributed by atoms with Crippen LogP contribution in [0.15, 0.2) is 12.3 Å². The van der Waals surface area contributed by atoms with E-state index in [0.717, 1.165) is 6.42 Å². The highest BCUT2D eigenvalue weighted by Crippen LogP contribution is 2.18. The van der Waals surface area contributed by atoms with Crippen LogP contribution in [0.25, 0.3) is 0 Å². The molecule has 2 rings (SSSR count). The highest BCUT2D eigenvalue weighted by atomic mass is 16.2. The molecule has 2 amide bonds. The van der Waals surface area contributed by atoms with Gasteiger partial charge >= 0.3 is 0 Å². The standard InChI is InChI=1S/C13H19N5O2/c1-9-15-6-5-11(16-9)17(2)8-12(19)18-7-3-4-10(18)13(14)20/h5-6,10H,3-4,7-8H2,1-2H3,(H2,14,20). The van der Waals surface area contributed by atoms with Crippen LogP contribution in [0.5, 0.6) is 0 Å². The van der Waals surface area contributed by atoms with Crippen LogP contribution in [0.2, 0.25) is 0 Å². The summed E-state index contributed by atoms with van der Waals surface area (Å²) in [7, 11) is 1.79. The molecule has 7 nitrogen and oxygen atoms in total. The number of rotatable bonds is 4. The van der Waals surface area contributed by atoms with Gasteiger partial charge in [-0.1, -0.05) is 0 Å². The van der Waals surface area contributed by atoms with Crippen LogP contribution < -0.4 is 10.6 Å². The maximum absolute atomic E-state index is 12.3. The molecule has 1 aliphatic heterocycles. The molecule has 2 N–H and O–H groups in total. The third-order valence-corrected chi connectivity index (χ3v) is 3.43. The Hall–Kier alpha value is -2.18. The van der Waals surface area contributed by atoms with Crippen molar-refractivity contribution in [2.75, 3.05) is 25.0 Å². The number of likely N-dealkylation sites (tertiary alicyclic amines) is 1. The summed E-state index contributed by atoms with van der Waals surface area (Å²) < 4.78 is 0. The number of primary amides is 1. The zero-order valence-electron chi connectivity index (χ0n) is 11.7. The summed E-state index contributed by atoms with van der Waals surface area (Å²) in [5, 5.41) is 0. The Kier molecular flexibility index (Phi) is 4.16. The average Bonchev–Trinajstić information content (AvgIpc) is 2.88. The molecule has 0 radical (unpaired) electrons. The molecule has 108 valence electrons. The molecule has 1 fully saturated rings. The van der Waals surface area contributed by atoms with E-state index in [-0.39, 0.29) is 12.5 Å². The zero-order valence-corrected chi connectivity index (χ0v) is 11.7. The number of aromatic nitrogens is 2. The SMILES string of the molecule is Cc1nccc(N(C)CC(=O)N2CCCC2C(N)=O)n1. The van der Waals surface area contributed by atoms with E-state index in [1.807, 2.05) is 0 Å². The number of likely N-dealkylation sites (N-methyl/N-ethyl adjacent to an activating group) is 1. The van der Waals surface area contributed by atoms with Crippen molar-refractivity contribution in [3.63, 3.8) is 0 Å². The maximum atomic E-state index is 12.3. The summed E-state index contributed by atoms with van der Waals surface area (Å²) in [6.45, 7) is 2.55. The molecule has 1 aromatic heterocycles. The summed E-state index contributed by atoms with van der Waals surface area (Å²) >= 11 is 0. The predicted octanol–water partition coefficient (Wildman–Crippen LogP) is -0.302. The van der Waals surface area contributed by atoms with Gasteiger partial charge in [0, 0.05) is 19.8 Å². The van der Waals surface area contributed by atoms with Gasteiger partial charge in [0.25, 0.3) is 0 Å². The van der Waals surface area contributed by atoms with Gasteiger partial charge < -0.3 is 15.5 Å². The van der Waals surface area contributed by atoms with Crippen molar-refractivity contribution in [3.05, 3.63) is 18.1 Å². The molecule has 1 aromatic rings. The highest BCUT2D eigenvalue weighted by molar-refractivity contribution is 5.89. The van der Waals surface area contributed by atoms with E-state index < -0.39 is 11.9 Å². The molecular weight excluding hydrogens is 258 g/mol. The normalized spacial score (nSPS) is 18.1. The van der Waals surface area contributed by atoms with Gasteiger partial charge in [-0.15, -0.1) is 0 Å². The lowest BCUT2D eigenvalue weighted by atomic mass is 10.2. The second-order valence-electron chi connectivity index (χ2n) is 4.97. The number of nitrogens with two attached hydrogens (primary N) is 1. The fourth-order valence-corrected chi connectivity index (χ4v) is 2.39. The van der Waals surface area contributed by atoms with E-state index in [1.165, 1.54) is 0 Å². The van der Waals surface area contributed by atoms with E-state index in [2.05, 4.69) is 9.97 Å². The molecule has 20 heavy (non-hydrogen) atoms. The lowest BCUT2D eigenvalue weighted by molar-refractivity contribution is -0.136. The molecule has 0 bridgehead atoms. The van der Waals surface area contributed by atoms with Gasteiger partial charge in [-0.2, -0.15) is 0 Å². The average molecular weight is 277 g/mol. The quantitative estimate of drug-likeness (QED) is 0.815. The van der Waals surface area contributed by atoms with Crippen molar-refractivity contribution < 1.29 is 9.59 Å². The first-order valence-corrected chi connectivity index (χ1v) is 6.58. The number of anilines is 1. The van der Waals surface area contributed by atoms with Crippen molar-refractivity contribution in [3.8, 4) is 0 Å². The monoisotopic (exact) mass is 277 g/mol. The summed E-state index contributed by atoms with van der Waals surface area (Å²) in [4.78, 5) is 35.2. The van der Waals surface area contributed by atoms with Crippen LogP contribution in [0.1, 0.15) is 18.7 Å². The van der Waals surface area contributed by atoms with Crippen molar-refractivity contribution in [1.29, 1.82) is 0 Å². The molecular formula is C13H19N5O2. The minimum atomic E-state index is -0.469. The van der Waals surface area contributed by atoms with Gasteiger partial charge in [0.15, 0.2) is 0 Å². The molecule has 0 saturated carbocycles. The highest BCUT2D eigenvalue weighted by Gasteiger charge is 2.32. The number of nitrogens with zero attached hydrogens (tertiary/aromatic N) is 4. The molecule has 0 aliphatic carbocycles. The van der Waals surface area contributed by atoms with Gasteiger partial charge in [-0.25, -0.2) is 9.97 Å². The summed E-state index contributed by atoms with van der Waals surface area (Å²) in [5.41, 5.74) is 5.32. The van der Waals surface area contributed by atoms with Crippen molar-refractivity contribution in [2.24, 2.45) is 5.73 Å². The number of carbonyl (C=O) groups is 2. The van der Waals surface area contributed by atoms with E-state index in [0.29, 0.717) is 24.6 Å². The first-order chi connectivity index (χ1) is 9.49. The first-order valence-electron chi connectivity index (χ1n) is 6.58. The summed E-state index contributed by atoms with van der Waals surface area (Å²) in [6.07, 6.45) is 3.12. The van der Waals surface area contributed by atoms with Crippen molar-refractivity contribution in [2.45, 2.75) is 25.8 Å². The minimum Gasteiger partial charge on any atom is -0.368 e. The zero-order chi connectivity index (χ0) is 14.7. The van der Waals surface area contributed by atoms with Gasteiger partial charge in [0.05, 0.1) is 6.54 Å². The van der Waals surface area contributed by atoms with E-state index >= 15 is 0 Å². The molecule has 1 saturated heterocycles. The third kappa shape index (κ3) is 3.04. The van der Waals surface area contributed by atoms with Crippen LogP contribution in [0.3, 0.4) is 0 Å². The number of amides is 2. The molecule has 0 aromatic carbocycles. The molecule has 2 heterocycles. The number of carbonyl (C=O) groups excluding carboxylic acids is 2. The molecule has 7 heteroatoms. The fraction of sp³-hybridized carbons (Fsp3) is 0.538. The van der Waals surface area contributed by atoms with Crippen LogP contribution in [-0.4, -0.2) is 52.9 Å². The Labute approximate surface area is 117 Å². The summed E-state index contributed by atoms with van der Waals surface area (Å²) in [5.74, 6) is 0.792. The van der Waals surface area contributed by atoms with Gasteiger partial charge in [-0.05, 0) is 25.8 Å². The predicted molar refractivity (Wildman–Crippen MR) is 74.0 cm³/mol. The molecule has 0 spiro atoms. The molecule has 1 unspecified atom stereocenters. The largest absolute Gasteiger partial charge is 0.368 e. The van der Waals surface area contributed by atoms with Gasteiger partial charge in [0.1, 0.15) is 17.7 Å². The Morgan fingerprint density at radius 3 is 2.95 bits per heavy atom. The Bertz CT molecular complexity index is 519. The van der Waals surface area contributed by atoms with Crippen LogP contribution in [-0.2, 0) is 9.59 Å². The fourth-order valence-electron chi connectivity index (χ4n) is 2.39. The maximum Gasteiger partial charge on any atom is 0.242 e. The second-order valence-corrected chi connectivity index (χ2v) is 4.97. The first kappa shape index (κ1) is 14.2. The number of hydrogen-bond acceptors (Lipinski definition) is 5. The third-order valence-electron chi connectivity index (χ3n) is 3.43. The Morgan fingerprint density at radius 2 is 2.30 bits per heavy atom. The van der Waals surface area contributed by atoms with Gasteiger partial charge in [-0.3, -0.25) is 9.59 Å². The van der Waals surface area contributed by atoms with E-state index in [4.69, 9.17) is 5.73 Å². The minimum absolute atomic E-state index is 0.106. The van der Waals surface area contributed by atoms with Crippen LogP contribution >= 0.6 is 0 Å². The van der Waals surface area contributed by atoms with Gasteiger partial charge in [0.2, 0.25) is 11.8 Å². The summed E-state index contributed by atoms with van der Waals surface area (Å²) in [6, 6.07) is 1.28. The Morgan fingerprint density at radius 1 is 1.55 bits per heavy atom. The lowest BCUT2D eigenvalue weighted by Crippen LogP contribution is -2.47. The van der Waals surface area contributed by atoms with E-state index in [1.54, 1.807) is 36.0 Å². The Balaban J connectivity index is 2.02. The molecule has 1 aliphatic rings. The van der Waals surface area contributed by atoms with E-state index in [9.17, 15) is 9.59 Å². The number of hydrogen-bond donors (Lipinski definition) is 1. The van der Waals surface area contributed by atoms with Crippen molar-refractivity contribution in [1.82, 2.24) is 14.9 Å². The second kappa shape index (κ2) is 5.85.